The maximum Gasteiger partial charge on any atom is 0.267 e. The van der Waals surface area contributed by atoms with Crippen molar-refractivity contribution in [3.8, 4) is 5.69 Å². The van der Waals surface area contributed by atoms with Gasteiger partial charge in [0.15, 0.2) is 5.16 Å². The summed E-state index contributed by atoms with van der Waals surface area (Å²) in [5.41, 5.74) is 3.00. The molecule has 1 amide bonds. The molecule has 0 aliphatic rings. The van der Waals surface area contributed by atoms with Crippen LogP contribution in [0.2, 0.25) is 0 Å². The van der Waals surface area contributed by atoms with Gasteiger partial charge >= 0.3 is 0 Å². The van der Waals surface area contributed by atoms with Gasteiger partial charge in [-0.3, -0.25) is 14.0 Å². The number of hydrogen-bond donors (Lipinski definition) is 0. The van der Waals surface area contributed by atoms with Gasteiger partial charge in [-0.1, -0.05) is 54.2 Å². The molecular formula is C26H22FN5O2S. The van der Waals surface area contributed by atoms with Gasteiger partial charge in [-0.2, -0.15) is 0 Å². The maximum atomic E-state index is 13.4. The normalized spacial score (nSPS) is 11.3. The Hall–Kier alpha value is -3.98. The number of halogens is 1. The number of thioether (sulfide) groups is 1. The van der Waals surface area contributed by atoms with Crippen molar-refractivity contribution >= 4 is 34.3 Å². The molecule has 3 aromatic carbocycles. The van der Waals surface area contributed by atoms with E-state index in [1.165, 1.54) is 23.9 Å². The number of aryl methyl sites for hydroxylation is 1. The molecule has 0 spiro atoms. The second kappa shape index (κ2) is 9.34. The van der Waals surface area contributed by atoms with Crippen LogP contribution in [-0.2, 0) is 11.3 Å². The van der Waals surface area contributed by atoms with Gasteiger partial charge in [-0.25, -0.2) is 8.96 Å². The number of fused-ring (bicyclic) bond motifs is 3. The zero-order chi connectivity index (χ0) is 24.5. The largest absolute Gasteiger partial charge is 0.341 e. The Kier molecular flexibility index (Phi) is 6.08. The van der Waals surface area contributed by atoms with Crippen LogP contribution in [-0.4, -0.2) is 42.8 Å². The first-order chi connectivity index (χ1) is 16.9. The van der Waals surface area contributed by atoms with Crippen LogP contribution in [0, 0.1) is 12.7 Å². The highest BCUT2D eigenvalue weighted by Crippen LogP contribution is 2.24. The molecule has 5 rings (SSSR count). The molecule has 7 nitrogen and oxygen atoms in total. The second-order valence-electron chi connectivity index (χ2n) is 8.23. The smallest absolute Gasteiger partial charge is 0.267 e. The Bertz CT molecular complexity index is 1610. The quantitative estimate of drug-likeness (QED) is 0.335. The first-order valence-corrected chi connectivity index (χ1v) is 12.0. The molecule has 2 heterocycles. The Morgan fingerprint density at radius 2 is 1.71 bits per heavy atom. The second-order valence-corrected chi connectivity index (χ2v) is 9.17. The molecule has 0 atom stereocenters. The third-order valence-electron chi connectivity index (χ3n) is 5.83. The molecule has 0 saturated heterocycles. The van der Waals surface area contributed by atoms with E-state index in [2.05, 4.69) is 10.2 Å². The lowest BCUT2D eigenvalue weighted by Crippen LogP contribution is -2.28. The molecule has 9 heteroatoms. The van der Waals surface area contributed by atoms with Crippen LogP contribution in [0.4, 0.5) is 4.39 Å². The van der Waals surface area contributed by atoms with Gasteiger partial charge in [-0.05, 0) is 48.4 Å². The van der Waals surface area contributed by atoms with Gasteiger partial charge < -0.3 is 4.90 Å². The highest BCUT2D eigenvalue weighted by atomic mass is 32.2. The van der Waals surface area contributed by atoms with E-state index in [-0.39, 0.29) is 23.0 Å². The van der Waals surface area contributed by atoms with E-state index >= 15 is 0 Å². The summed E-state index contributed by atoms with van der Waals surface area (Å²) in [4.78, 5) is 27.8. The minimum Gasteiger partial charge on any atom is -0.341 e. The number of benzene rings is 3. The number of rotatable bonds is 6. The summed E-state index contributed by atoms with van der Waals surface area (Å²) in [5.74, 6) is 0.106. The minimum absolute atomic E-state index is 0.104. The van der Waals surface area contributed by atoms with Crippen LogP contribution in [0.15, 0.2) is 82.7 Å². The lowest BCUT2D eigenvalue weighted by atomic mass is 10.2. The summed E-state index contributed by atoms with van der Waals surface area (Å²) in [5, 5.41) is 9.72. The topological polar surface area (TPSA) is 72.5 Å². The van der Waals surface area contributed by atoms with E-state index in [0.717, 1.165) is 16.8 Å². The van der Waals surface area contributed by atoms with Crippen LogP contribution in [0.5, 0.6) is 0 Å². The number of hydrogen-bond acceptors (Lipinski definition) is 5. The number of nitrogens with zero attached hydrogens (tertiary/aromatic N) is 5. The van der Waals surface area contributed by atoms with E-state index in [1.54, 1.807) is 34.7 Å². The summed E-state index contributed by atoms with van der Waals surface area (Å²) < 4.78 is 16.5. The minimum atomic E-state index is -0.312. The number of carbonyl (C=O) groups excluding carboxylic acids is 1. The lowest BCUT2D eigenvalue weighted by Gasteiger charge is -2.17. The summed E-state index contributed by atoms with van der Waals surface area (Å²) >= 11 is 1.26. The van der Waals surface area contributed by atoms with Crippen molar-refractivity contribution in [3.05, 3.63) is 100 Å². The summed E-state index contributed by atoms with van der Waals surface area (Å²) in [6.07, 6.45) is 0. The molecular weight excluding hydrogens is 465 g/mol. The van der Waals surface area contributed by atoms with E-state index < -0.39 is 0 Å². The molecule has 2 aromatic heterocycles. The summed E-state index contributed by atoms with van der Waals surface area (Å²) in [6, 6.07) is 21.0. The van der Waals surface area contributed by atoms with Gasteiger partial charge in [0, 0.05) is 13.6 Å². The van der Waals surface area contributed by atoms with Crippen LogP contribution < -0.4 is 5.56 Å². The fraction of sp³-hybridized carbons (Fsp3) is 0.154. The number of para-hydroxylation sites is 2. The van der Waals surface area contributed by atoms with Crippen LogP contribution in [0.25, 0.3) is 22.4 Å². The Labute approximate surface area is 204 Å². The van der Waals surface area contributed by atoms with Crippen molar-refractivity contribution < 1.29 is 9.18 Å². The molecule has 0 fully saturated rings. The van der Waals surface area contributed by atoms with Crippen molar-refractivity contribution in [2.24, 2.45) is 0 Å². The predicted octanol–water partition coefficient (Wildman–Crippen LogP) is 4.23. The molecule has 0 saturated carbocycles. The van der Waals surface area contributed by atoms with Gasteiger partial charge in [-0.15, -0.1) is 10.2 Å². The fourth-order valence-electron chi connectivity index (χ4n) is 3.99. The highest BCUT2D eigenvalue weighted by Gasteiger charge is 2.20. The van der Waals surface area contributed by atoms with E-state index in [1.807, 2.05) is 53.8 Å². The average molecular weight is 488 g/mol. The van der Waals surface area contributed by atoms with Crippen LogP contribution in [0.1, 0.15) is 11.1 Å². The third-order valence-corrected chi connectivity index (χ3v) is 6.75. The maximum absolute atomic E-state index is 13.4. The zero-order valence-electron chi connectivity index (χ0n) is 19.2. The molecule has 0 bridgehead atoms. The molecule has 0 radical (unpaired) electrons. The van der Waals surface area contributed by atoms with E-state index in [4.69, 9.17) is 0 Å². The first-order valence-electron chi connectivity index (χ1n) is 11.0. The first kappa shape index (κ1) is 22.8. The van der Waals surface area contributed by atoms with Crippen LogP contribution >= 0.6 is 11.8 Å². The monoisotopic (exact) mass is 487 g/mol. The van der Waals surface area contributed by atoms with Crippen LogP contribution in [0.3, 0.4) is 0 Å². The fourth-order valence-corrected chi connectivity index (χ4v) is 4.87. The SMILES string of the molecule is Cc1ccccc1-n1c(=O)c2ccccc2n2c(SCC(=O)N(C)Cc3ccc(F)cc3)nnc12. The summed E-state index contributed by atoms with van der Waals surface area (Å²) in [7, 11) is 1.71. The van der Waals surface area contributed by atoms with E-state index in [0.29, 0.717) is 28.4 Å². The Balaban J connectivity index is 1.50. The average Bonchev–Trinajstić information content (AvgIpc) is 3.29. The number of carbonyl (C=O) groups is 1. The standard InChI is InChI=1S/C26H22FN5O2S/c1-17-7-3-5-9-21(17)31-24(34)20-8-4-6-10-22(20)32-25(31)28-29-26(32)35-16-23(33)30(2)15-18-11-13-19(27)14-12-18/h3-14H,15-16H2,1-2H3. The molecule has 5 aromatic rings. The molecule has 0 N–H and O–H groups in total. The van der Waals surface area contributed by atoms with Gasteiger partial charge in [0.2, 0.25) is 11.7 Å². The lowest BCUT2D eigenvalue weighted by molar-refractivity contribution is -0.127. The molecule has 35 heavy (non-hydrogen) atoms. The highest BCUT2D eigenvalue weighted by molar-refractivity contribution is 7.99. The summed E-state index contributed by atoms with van der Waals surface area (Å²) in [6.45, 7) is 2.31. The van der Waals surface area contributed by atoms with Gasteiger partial charge in [0.25, 0.3) is 5.56 Å². The van der Waals surface area contributed by atoms with Crippen molar-refractivity contribution in [2.45, 2.75) is 18.6 Å². The molecule has 0 aliphatic carbocycles. The number of amides is 1. The van der Waals surface area contributed by atoms with Crippen molar-refractivity contribution in [2.75, 3.05) is 12.8 Å². The predicted molar refractivity (Wildman–Crippen MR) is 134 cm³/mol. The van der Waals surface area contributed by atoms with Crippen molar-refractivity contribution in [1.29, 1.82) is 0 Å². The Morgan fingerprint density at radius 3 is 2.49 bits per heavy atom. The van der Waals surface area contributed by atoms with Crippen molar-refractivity contribution in [1.82, 2.24) is 24.1 Å². The Morgan fingerprint density at radius 1 is 1.00 bits per heavy atom. The molecule has 0 aliphatic heterocycles. The zero-order valence-corrected chi connectivity index (χ0v) is 20.0. The molecule has 176 valence electrons. The van der Waals surface area contributed by atoms with Gasteiger partial charge in [0.1, 0.15) is 5.82 Å². The van der Waals surface area contributed by atoms with Crippen molar-refractivity contribution in [3.63, 3.8) is 0 Å². The number of aromatic nitrogens is 4. The van der Waals surface area contributed by atoms with E-state index in [9.17, 15) is 14.0 Å². The van der Waals surface area contributed by atoms with Gasteiger partial charge in [0.05, 0.1) is 22.3 Å². The third kappa shape index (κ3) is 4.30. The molecule has 0 unspecified atom stereocenters.